The number of nitrogens with zero attached hydrogens (tertiary/aromatic N) is 3. The molecule has 2 N–H and O–H groups in total. The molecule has 0 aliphatic heterocycles. The number of aromatic hydroxyl groups is 1. The van der Waals surface area contributed by atoms with Crippen molar-refractivity contribution >= 4 is 33.4 Å². The zero-order chi connectivity index (χ0) is 19.3. The first-order valence-corrected chi connectivity index (χ1v) is 8.41. The van der Waals surface area contributed by atoms with Crippen molar-refractivity contribution in [2.75, 3.05) is 0 Å². The highest BCUT2D eigenvalue weighted by molar-refractivity contribution is 6.31. The molecule has 136 valence electrons. The van der Waals surface area contributed by atoms with E-state index in [1.54, 1.807) is 25.1 Å². The minimum absolute atomic E-state index is 0.0775. The molecule has 0 aliphatic carbocycles. The minimum Gasteiger partial charge on any atom is -0.618 e. The van der Waals surface area contributed by atoms with Gasteiger partial charge in [0.15, 0.2) is 6.20 Å². The molecule has 4 rings (SSSR count). The normalized spacial score (nSPS) is 12.5. The van der Waals surface area contributed by atoms with Crippen LogP contribution in [0.4, 0.5) is 0 Å². The van der Waals surface area contributed by atoms with E-state index in [0.29, 0.717) is 15.3 Å². The molecule has 0 fully saturated rings. The van der Waals surface area contributed by atoms with Crippen LogP contribution in [-0.4, -0.2) is 19.9 Å². The summed E-state index contributed by atoms with van der Waals surface area (Å²) in [7, 11) is 0. The Bertz CT molecular complexity index is 1330. The van der Waals surface area contributed by atoms with Gasteiger partial charge in [0.25, 0.3) is 11.4 Å². The molecule has 3 heterocycles. The highest BCUT2D eigenvalue weighted by Crippen LogP contribution is 2.22. The number of halogens is 1. The van der Waals surface area contributed by atoms with Crippen LogP contribution in [0.1, 0.15) is 18.7 Å². The Morgan fingerprint density at radius 3 is 2.81 bits per heavy atom. The van der Waals surface area contributed by atoms with Gasteiger partial charge < -0.3 is 15.3 Å². The van der Waals surface area contributed by atoms with Crippen LogP contribution >= 0.6 is 11.6 Å². The number of hydrogen-bond donors (Lipinski definition) is 2. The van der Waals surface area contributed by atoms with Gasteiger partial charge in [-0.25, -0.2) is 4.68 Å². The number of pyridine rings is 2. The predicted molar refractivity (Wildman–Crippen MR) is 100 cm³/mol. The first-order chi connectivity index (χ1) is 12.9. The fraction of sp³-hybridized carbons (Fsp3) is 0.111. The summed E-state index contributed by atoms with van der Waals surface area (Å²) in [5, 5.41) is 26.6. The van der Waals surface area contributed by atoms with Crippen LogP contribution in [0, 0.1) is 5.21 Å². The summed E-state index contributed by atoms with van der Waals surface area (Å²) in [6, 6.07) is 8.51. The molecule has 0 aliphatic rings. The summed E-state index contributed by atoms with van der Waals surface area (Å²) >= 11 is 5.94. The summed E-state index contributed by atoms with van der Waals surface area (Å²) in [5.41, 5.74) is -0.719. The second-order valence-electron chi connectivity index (χ2n) is 6.09. The van der Waals surface area contributed by atoms with Gasteiger partial charge in [-0.15, -0.1) is 5.10 Å². The van der Waals surface area contributed by atoms with Crippen molar-refractivity contribution in [3.8, 4) is 5.88 Å². The highest BCUT2D eigenvalue weighted by atomic mass is 35.5. The van der Waals surface area contributed by atoms with Crippen molar-refractivity contribution < 1.29 is 9.84 Å². The second kappa shape index (κ2) is 6.10. The van der Waals surface area contributed by atoms with E-state index in [9.17, 15) is 19.9 Å². The molecular weight excluding hydrogens is 372 g/mol. The van der Waals surface area contributed by atoms with Crippen LogP contribution in [0.2, 0.25) is 5.02 Å². The molecule has 0 amide bonds. The van der Waals surface area contributed by atoms with Crippen molar-refractivity contribution in [1.82, 2.24) is 14.8 Å². The van der Waals surface area contributed by atoms with Gasteiger partial charge in [0.05, 0.1) is 5.52 Å². The van der Waals surface area contributed by atoms with Gasteiger partial charge in [0.2, 0.25) is 11.1 Å². The molecular formula is C18H13ClN4O4. The number of rotatable bonds is 2. The first-order valence-electron chi connectivity index (χ1n) is 8.03. The van der Waals surface area contributed by atoms with Crippen LogP contribution in [-0.2, 0) is 0 Å². The van der Waals surface area contributed by atoms with Crippen LogP contribution < -0.4 is 15.7 Å². The number of nitrogens with one attached hydrogen (secondary N) is 1. The molecule has 9 heteroatoms. The Labute approximate surface area is 156 Å². The quantitative estimate of drug-likeness (QED) is 0.311. The monoisotopic (exact) mass is 384 g/mol. The fourth-order valence-corrected chi connectivity index (χ4v) is 3.27. The van der Waals surface area contributed by atoms with Crippen LogP contribution in [0.15, 0.2) is 52.2 Å². The SMILES string of the molecule is CC(c1cccc[n+]1[O-])n1nc(O)c2[nH]c3cc(Cl)ccc3c(=O)c2c1=O. The van der Waals surface area contributed by atoms with E-state index in [4.69, 9.17) is 11.6 Å². The average molecular weight is 385 g/mol. The third kappa shape index (κ3) is 2.61. The van der Waals surface area contributed by atoms with E-state index in [1.807, 2.05) is 0 Å². The van der Waals surface area contributed by atoms with Gasteiger partial charge >= 0.3 is 0 Å². The zero-order valence-corrected chi connectivity index (χ0v) is 14.8. The predicted octanol–water partition coefficient (Wildman–Crippen LogP) is 1.84. The number of aromatic nitrogens is 4. The number of benzene rings is 1. The Hall–Kier alpha value is -3.39. The standard InChI is InChI=1S/C18H13ClN4O4/c1-9(13-4-2-3-7-22(13)27)23-18(26)14-15(17(25)21-23)20-12-8-10(19)5-6-11(12)16(14)24/h2-9H,1H3,(H,20,24)(H,21,25). The molecule has 3 aromatic heterocycles. The molecule has 27 heavy (non-hydrogen) atoms. The smallest absolute Gasteiger partial charge is 0.281 e. The van der Waals surface area contributed by atoms with E-state index in [-0.39, 0.29) is 22.0 Å². The Kier molecular flexibility index (Phi) is 3.85. The summed E-state index contributed by atoms with van der Waals surface area (Å²) < 4.78 is 1.53. The number of H-pyrrole nitrogens is 1. The number of fused-ring (bicyclic) bond motifs is 2. The molecule has 0 saturated carbocycles. The zero-order valence-electron chi connectivity index (χ0n) is 14.0. The molecule has 8 nitrogen and oxygen atoms in total. The van der Waals surface area contributed by atoms with Crippen LogP contribution in [0.3, 0.4) is 0 Å². The maximum atomic E-state index is 13.0. The van der Waals surface area contributed by atoms with Gasteiger partial charge in [0.1, 0.15) is 16.9 Å². The van der Waals surface area contributed by atoms with Crippen molar-refractivity contribution in [3.05, 3.63) is 79.1 Å². The lowest BCUT2D eigenvalue weighted by molar-refractivity contribution is -0.616. The third-order valence-corrected chi connectivity index (χ3v) is 4.70. The Morgan fingerprint density at radius 2 is 2.07 bits per heavy atom. The lowest BCUT2D eigenvalue weighted by Crippen LogP contribution is -2.38. The molecule has 0 spiro atoms. The molecule has 0 saturated heterocycles. The van der Waals surface area contributed by atoms with E-state index in [1.165, 1.54) is 24.4 Å². The molecule has 1 aromatic carbocycles. The van der Waals surface area contributed by atoms with Crippen molar-refractivity contribution in [2.24, 2.45) is 0 Å². The largest absolute Gasteiger partial charge is 0.618 e. The first kappa shape index (κ1) is 17.0. The highest BCUT2D eigenvalue weighted by Gasteiger charge is 2.23. The number of hydrogen-bond acceptors (Lipinski definition) is 5. The summed E-state index contributed by atoms with van der Waals surface area (Å²) in [4.78, 5) is 28.7. The average Bonchev–Trinajstić information content (AvgIpc) is 2.64. The van der Waals surface area contributed by atoms with Gasteiger partial charge in [-0.1, -0.05) is 11.6 Å². The van der Waals surface area contributed by atoms with Crippen LogP contribution in [0.5, 0.6) is 5.88 Å². The summed E-state index contributed by atoms with van der Waals surface area (Å²) in [6.45, 7) is 1.58. The summed E-state index contributed by atoms with van der Waals surface area (Å²) in [6.07, 6.45) is 1.29. The molecule has 1 atom stereocenters. The van der Waals surface area contributed by atoms with Crippen LogP contribution in [0.25, 0.3) is 21.8 Å². The minimum atomic E-state index is -0.799. The lowest BCUT2D eigenvalue weighted by Gasteiger charge is -2.14. The molecule has 0 radical (unpaired) electrons. The van der Waals surface area contributed by atoms with E-state index in [2.05, 4.69) is 10.1 Å². The van der Waals surface area contributed by atoms with E-state index >= 15 is 0 Å². The maximum Gasteiger partial charge on any atom is 0.281 e. The summed E-state index contributed by atoms with van der Waals surface area (Å²) in [5.74, 6) is -0.524. The maximum absolute atomic E-state index is 13.0. The van der Waals surface area contributed by atoms with Crippen molar-refractivity contribution in [2.45, 2.75) is 13.0 Å². The number of aromatic amines is 1. The third-order valence-electron chi connectivity index (χ3n) is 4.46. The molecule has 4 aromatic rings. The van der Waals surface area contributed by atoms with Gasteiger partial charge in [0, 0.05) is 22.5 Å². The van der Waals surface area contributed by atoms with Gasteiger partial charge in [-0.3, -0.25) is 9.59 Å². The van der Waals surface area contributed by atoms with Gasteiger partial charge in [-0.05, 0) is 31.2 Å². The molecule has 1 unspecified atom stereocenters. The van der Waals surface area contributed by atoms with Gasteiger partial charge in [-0.2, -0.15) is 4.73 Å². The second-order valence-corrected chi connectivity index (χ2v) is 6.53. The topological polar surface area (TPSA) is 115 Å². The fourth-order valence-electron chi connectivity index (χ4n) is 3.10. The Morgan fingerprint density at radius 1 is 1.30 bits per heavy atom. The van der Waals surface area contributed by atoms with E-state index < -0.39 is 22.9 Å². The van der Waals surface area contributed by atoms with Crippen molar-refractivity contribution in [3.63, 3.8) is 0 Å². The molecule has 0 bridgehead atoms. The van der Waals surface area contributed by atoms with E-state index in [0.717, 1.165) is 4.68 Å². The Balaban J connectivity index is 2.07. The van der Waals surface area contributed by atoms with Crippen molar-refractivity contribution in [1.29, 1.82) is 0 Å². The lowest BCUT2D eigenvalue weighted by atomic mass is 10.1.